The van der Waals surface area contributed by atoms with Crippen LogP contribution < -0.4 is 11.5 Å². The van der Waals surface area contributed by atoms with Crippen molar-refractivity contribution in [3.63, 3.8) is 0 Å². The van der Waals surface area contributed by atoms with Gasteiger partial charge in [0, 0.05) is 0 Å². The predicted octanol–water partition coefficient (Wildman–Crippen LogP) is 0.929. The summed E-state index contributed by atoms with van der Waals surface area (Å²) >= 11 is 0. The highest BCUT2D eigenvalue weighted by molar-refractivity contribution is 5.83. The molecule has 0 radical (unpaired) electrons. The number of nitrogen functional groups attached to an aromatic ring is 2. The topological polar surface area (TPSA) is 166 Å². The standard InChI is InChI=1S/C25H26N6O4/c1-2-24(15-9-5-3-6-10-15,16-11-7-4-8-12-16)25(20(34)19(33)17(13-32)35-25)31-14-28-18-21(26)29-23(27)30-22(18)31/h2-12,14,17,19-20,32-34H,1,13H2,(H4,26,27,29,30)/t17-,19-,20-,25+/m1/s1. The zero-order valence-corrected chi connectivity index (χ0v) is 18.8. The van der Waals surface area contributed by atoms with E-state index in [1.54, 1.807) is 6.08 Å². The molecule has 0 bridgehead atoms. The lowest BCUT2D eigenvalue weighted by Gasteiger charge is -2.49. The molecule has 1 fully saturated rings. The van der Waals surface area contributed by atoms with Gasteiger partial charge in [-0.2, -0.15) is 9.97 Å². The molecule has 2 aromatic carbocycles. The average molecular weight is 475 g/mol. The van der Waals surface area contributed by atoms with Crippen molar-refractivity contribution in [2.24, 2.45) is 0 Å². The number of hydrogen-bond donors (Lipinski definition) is 5. The quantitative estimate of drug-likeness (QED) is 0.256. The van der Waals surface area contributed by atoms with Crippen LogP contribution in [0.5, 0.6) is 0 Å². The SMILES string of the molecule is C=CC(c1ccccc1)(c1ccccc1)[C@@]1(n2cnc3c(N)nc(N)nc32)O[C@H](CO)[C@@H](O)[C@H]1O. The average Bonchev–Trinajstić information content (AvgIpc) is 3.41. The van der Waals surface area contributed by atoms with Crippen LogP contribution in [-0.2, 0) is 15.9 Å². The Morgan fingerprint density at radius 1 is 1.03 bits per heavy atom. The van der Waals surface area contributed by atoms with Crippen molar-refractivity contribution in [2.75, 3.05) is 18.1 Å². The number of nitrogens with zero attached hydrogens (tertiary/aromatic N) is 4. The third-order valence-electron chi connectivity index (χ3n) is 6.74. The predicted molar refractivity (Wildman–Crippen MR) is 130 cm³/mol. The molecule has 10 nitrogen and oxygen atoms in total. The molecule has 0 unspecified atom stereocenters. The first kappa shape index (κ1) is 22.9. The third-order valence-corrected chi connectivity index (χ3v) is 6.74. The number of anilines is 2. The van der Waals surface area contributed by atoms with E-state index in [0.29, 0.717) is 11.1 Å². The molecular weight excluding hydrogens is 448 g/mol. The molecule has 1 aliphatic heterocycles. The fourth-order valence-electron chi connectivity index (χ4n) is 5.21. The fourth-order valence-corrected chi connectivity index (χ4v) is 5.21. The molecule has 4 atom stereocenters. The van der Waals surface area contributed by atoms with Crippen molar-refractivity contribution < 1.29 is 20.1 Å². The van der Waals surface area contributed by atoms with Gasteiger partial charge in [-0.05, 0) is 11.1 Å². The molecule has 0 spiro atoms. The molecule has 4 aromatic rings. The molecule has 5 rings (SSSR count). The van der Waals surface area contributed by atoms with Gasteiger partial charge in [-0.15, -0.1) is 6.58 Å². The number of rotatable bonds is 6. The minimum Gasteiger partial charge on any atom is -0.394 e. The first-order valence-corrected chi connectivity index (χ1v) is 11.1. The number of imidazole rings is 1. The second-order valence-corrected chi connectivity index (χ2v) is 8.47. The Balaban J connectivity index is 1.96. The van der Waals surface area contributed by atoms with Crippen LogP contribution in [-0.4, -0.2) is 59.8 Å². The Bertz CT molecular complexity index is 1320. The second-order valence-electron chi connectivity index (χ2n) is 8.47. The summed E-state index contributed by atoms with van der Waals surface area (Å²) in [5, 5.41) is 32.9. The molecule has 10 heteroatoms. The number of aliphatic hydroxyl groups is 3. The minimum absolute atomic E-state index is 0.0526. The van der Waals surface area contributed by atoms with E-state index in [-0.39, 0.29) is 22.9 Å². The van der Waals surface area contributed by atoms with Crippen molar-refractivity contribution in [1.29, 1.82) is 0 Å². The number of ether oxygens (including phenoxy) is 1. The number of aliphatic hydroxyl groups excluding tert-OH is 3. The van der Waals surface area contributed by atoms with E-state index in [1.807, 2.05) is 60.7 Å². The molecule has 1 aliphatic rings. The first-order chi connectivity index (χ1) is 16.9. The molecular formula is C25H26N6O4. The molecule has 0 amide bonds. The summed E-state index contributed by atoms with van der Waals surface area (Å²) in [5.74, 6) is -0.0426. The van der Waals surface area contributed by atoms with E-state index >= 15 is 0 Å². The van der Waals surface area contributed by atoms with Gasteiger partial charge in [-0.1, -0.05) is 66.7 Å². The highest BCUT2D eigenvalue weighted by Gasteiger charge is 2.67. The van der Waals surface area contributed by atoms with Gasteiger partial charge in [0.15, 0.2) is 17.2 Å². The lowest BCUT2D eigenvalue weighted by Crippen LogP contribution is -2.60. The van der Waals surface area contributed by atoms with Gasteiger partial charge in [0.05, 0.1) is 18.3 Å². The zero-order chi connectivity index (χ0) is 24.8. The first-order valence-electron chi connectivity index (χ1n) is 11.1. The number of aromatic nitrogens is 4. The van der Waals surface area contributed by atoms with Crippen molar-refractivity contribution in [3.05, 3.63) is 90.8 Å². The molecule has 0 saturated carbocycles. The summed E-state index contributed by atoms with van der Waals surface area (Å²) in [6.07, 6.45) is -1.05. The molecule has 180 valence electrons. The van der Waals surface area contributed by atoms with E-state index in [4.69, 9.17) is 16.2 Å². The van der Waals surface area contributed by atoms with Gasteiger partial charge < -0.3 is 31.5 Å². The van der Waals surface area contributed by atoms with Crippen LogP contribution in [0.4, 0.5) is 11.8 Å². The summed E-state index contributed by atoms with van der Waals surface area (Å²) in [4.78, 5) is 12.7. The summed E-state index contributed by atoms with van der Waals surface area (Å²) in [7, 11) is 0. The Labute approximate surface area is 201 Å². The van der Waals surface area contributed by atoms with Gasteiger partial charge in [0.1, 0.15) is 23.8 Å². The normalized spacial score (nSPS) is 24.6. The van der Waals surface area contributed by atoms with Crippen LogP contribution in [0.3, 0.4) is 0 Å². The monoisotopic (exact) mass is 474 g/mol. The lowest BCUT2D eigenvalue weighted by molar-refractivity contribution is -0.174. The van der Waals surface area contributed by atoms with Crippen LogP contribution >= 0.6 is 0 Å². The van der Waals surface area contributed by atoms with Gasteiger partial charge in [0.2, 0.25) is 5.95 Å². The summed E-state index contributed by atoms with van der Waals surface area (Å²) in [5.41, 5.74) is 10.7. The summed E-state index contributed by atoms with van der Waals surface area (Å²) < 4.78 is 7.98. The third kappa shape index (κ3) is 3.08. The summed E-state index contributed by atoms with van der Waals surface area (Å²) in [6.45, 7) is 3.62. The number of hydrogen-bond acceptors (Lipinski definition) is 9. The molecule has 7 N–H and O–H groups in total. The molecule has 2 aromatic heterocycles. The molecule has 1 saturated heterocycles. The molecule has 0 aliphatic carbocycles. The van der Waals surface area contributed by atoms with E-state index in [0.717, 1.165) is 0 Å². The van der Waals surface area contributed by atoms with Crippen molar-refractivity contribution in [1.82, 2.24) is 19.5 Å². The van der Waals surface area contributed by atoms with Crippen LogP contribution in [0.1, 0.15) is 11.1 Å². The Morgan fingerprint density at radius 3 is 2.14 bits per heavy atom. The largest absolute Gasteiger partial charge is 0.394 e. The summed E-state index contributed by atoms with van der Waals surface area (Å²) in [6, 6.07) is 18.7. The smallest absolute Gasteiger partial charge is 0.224 e. The molecule has 3 heterocycles. The van der Waals surface area contributed by atoms with Gasteiger partial charge in [-0.25, -0.2) is 4.98 Å². The van der Waals surface area contributed by atoms with Crippen LogP contribution in [0.2, 0.25) is 0 Å². The minimum atomic E-state index is -1.81. The number of fused-ring (bicyclic) bond motifs is 1. The van der Waals surface area contributed by atoms with Crippen molar-refractivity contribution >= 4 is 22.9 Å². The van der Waals surface area contributed by atoms with Gasteiger partial charge in [-0.3, -0.25) is 4.57 Å². The Kier molecular flexibility index (Phi) is 5.53. The highest BCUT2D eigenvalue weighted by Crippen LogP contribution is 2.55. The highest BCUT2D eigenvalue weighted by atomic mass is 16.6. The van der Waals surface area contributed by atoms with Gasteiger partial charge >= 0.3 is 0 Å². The Morgan fingerprint density at radius 2 is 1.63 bits per heavy atom. The lowest BCUT2D eigenvalue weighted by atomic mass is 9.64. The fraction of sp³-hybridized carbons (Fsp3) is 0.240. The maximum Gasteiger partial charge on any atom is 0.224 e. The molecule has 35 heavy (non-hydrogen) atoms. The van der Waals surface area contributed by atoms with Crippen LogP contribution in [0.25, 0.3) is 11.2 Å². The van der Waals surface area contributed by atoms with Crippen molar-refractivity contribution in [3.8, 4) is 0 Å². The van der Waals surface area contributed by atoms with E-state index < -0.39 is 36.1 Å². The second kappa shape index (κ2) is 8.43. The Hall–Kier alpha value is -3.83. The van der Waals surface area contributed by atoms with Gasteiger partial charge in [0.25, 0.3) is 0 Å². The van der Waals surface area contributed by atoms with E-state index in [2.05, 4.69) is 21.5 Å². The maximum atomic E-state index is 11.8. The van der Waals surface area contributed by atoms with Crippen LogP contribution in [0, 0.1) is 0 Å². The van der Waals surface area contributed by atoms with Crippen molar-refractivity contribution in [2.45, 2.75) is 29.5 Å². The maximum absolute atomic E-state index is 11.8. The zero-order valence-electron chi connectivity index (χ0n) is 18.8. The number of nitrogens with two attached hydrogens (primary N) is 2. The van der Waals surface area contributed by atoms with E-state index in [1.165, 1.54) is 10.9 Å². The number of benzene rings is 2. The van der Waals surface area contributed by atoms with E-state index in [9.17, 15) is 15.3 Å². The van der Waals surface area contributed by atoms with Crippen LogP contribution in [0.15, 0.2) is 79.6 Å².